The maximum absolute atomic E-state index is 5.76. The molecule has 1 aromatic rings. The van der Waals surface area contributed by atoms with Crippen molar-refractivity contribution >= 4 is 0 Å². The molecule has 0 amide bonds. The van der Waals surface area contributed by atoms with E-state index in [-0.39, 0.29) is 0 Å². The van der Waals surface area contributed by atoms with Crippen molar-refractivity contribution in [3.05, 3.63) is 17.7 Å². The quantitative estimate of drug-likeness (QED) is 0.723. The van der Waals surface area contributed by atoms with E-state index in [1.807, 2.05) is 6.92 Å². The molecule has 16 heavy (non-hydrogen) atoms. The Balaban J connectivity index is 1.53. The lowest BCUT2D eigenvalue weighted by Gasteiger charge is -2.11. The van der Waals surface area contributed by atoms with Crippen LogP contribution in [0.5, 0.6) is 0 Å². The third-order valence-electron chi connectivity index (χ3n) is 3.16. The average Bonchev–Trinajstić information content (AvgIpc) is 2.90. The molecule has 2 rings (SSSR count). The van der Waals surface area contributed by atoms with Crippen LogP contribution in [0.3, 0.4) is 0 Å². The van der Waals surface area contributed by atoms with Crippen LogP contribution >= 0.6 is 0 Å². The van der Waals surface area contributed by atoms with Gasteiger partial charge in [0.2, 0.25) is 0 Å². The van der Waals surface area contributed by atoms with Gasteiger partial charge in [-0.15, -0.1) is 0 Å². The van der Waals surface area contributed by atoms with Crippen molar-refractivity contribution in [2.45, 2.75) is 45.3 Å². The number of imidazole rings is 1. The summed E-state index contributed by atoms with van der Waals surface area (Å²) in [6, 6.07) is 0. The molecule has 4 heteroatoms. The Morgan fingerprint density at radius 1 is 1.50 bits per heavy atom. The topological polar surface area (TPSA) is 49.9 Å². The maximum Gasteiger partial charge on any atom is 0.0925 e. The average molecular weight is 223 g/mol. The summed E-state index contributed by atoms with van der Waals surface area (Å²) in [4.78, 5) is 7.30. The second kappa shape index (κ2) is 6.01. The molecule has 0 saturated heterocycles. The first-order valence-electron chi connectivity index (χ1n) is 6.17. The highest BCUT2D eigenvalue weighted by atomic mass is 16.5. The number of aromatic nitrogens is 2. The van der Waals surface area contributed by atoms with Crippen LogP contribution in [-0.4, -0.2) is 29.2 Å². The van der Waals surface area contributed by atoms with E-state index in [9.17, 15) is 0 Å². The summed E-state index contributed by atoms with van der Waals surface area (Å²) >= 11 is 0. The van der Waals surface area contributed by atoms with Gasteiger partial charge in [0.1, 0.15) is 0 Å². The third-order valence-corrected chi connectivity index (χ3v) is 3.16. The van der Waals surface area contributed by atoms with Crippen LogP contribution in [0, 0.1) is 6.92 Å². The van der Waals surface area contributed by atoms with E-state index in [0.29, 0.717) is 6.10 Å². The van der Waals surface area contributed by atoms with Gasteiger partial charge in [-0.25, -0.2) is 4.98 Å². The minimum atomic E-state index is 0.522. The first-order chi connectivity index (χ1) is 7.86. The summed E-state index contributed by atoms with van der Waals surface area (Å²) in [5, 5.41) is 3.35. The summed E-state index contributed by atoms with van der Waals surface area (Å²) in [6.07, 6.45) is 7.43. The zero-order valence-electron chi connectivity index (χ0n) is 9.96. The van der Waals surface area contributed by atoms with Crippen molar-refractivity contribution in [3.8, 4) is 0 Å². The smallest absolute Gasteiger partial charge is 0.0925 e. The maximum atomic E-state index is 5.76. The predicted molar refractivity (Wildman–Crippen MR) is 63.2 cm³/mol. The Kier molecular flexibility index (Phi) is 4.36. The summed E-state index contributed by atoms with van der Waals surface area (Å²) in [5.74, 6) is 0. The van der Waals surface area contributed by atoms with Crippen molar-refractivity contribution in [1.82, 2.24) is 15.3 Å². The molecule has 2 N–H and O–H groups in total. The molecule has 1 heterocycles. The number of H-pyrrole nitrogens is 1. The van der Waals surface area contributed by atoms with Crippen LogP contribution in [-0.2, 0) is 11.3 Å². The van der Waals surface area contributed by atoms with Crippen LogP contribution in [0.1, 0.15) is 37.1 Å². The standard InChI is InChI=1S/C12H21N3O/c1-10-12(15-9-14-10)8-13-6-7-16-11-4-2-3-5-11/h9,11,13H,2-8H2,1H3,(H,14,15). The molecule has 0 aliphatic heterocycles. The fourth-order valence-electron chi connectivity index (χ4n) is 2.12. The van der Waals surface area contributed by atoms with Crippen molar-refractivity contribution in [3.63, 3.8) is 0 Å². The fraction of sp³-hybridized carbons (Fsp3) is 0.750. The number of aryl methyl sites for hydroxylation is 1. The molecule has 90 valence electrons. The first-order valence-corrected chi connectivity index (χ1v) is 6.17. The summed E-state index contributed by atoms with van der Waals surface area (Å²) < 4.78 is 5.76. The van der Waals surface area contributed by atoms with Crippen molar-refractivity contribution in [2.75, 3.05) is 13.2 Å². The Morgan fingerprint density at radius 2 is 2.31 bits per heavy atom. The van der Waals surface area contributed by atoms with Crippen LogP contribution in [0.15, 0.2) is 6.33 Å². The Hall–Kier alpha value is -0.870. The molecule has 1 saturated carbocycles. The van der Waals surface area contributed by atoms with Gasteiger partial charge < -0.3 is 15.0 Å². The molecule has 0 radical (unpaired) electrons. The highest BCUT2D eigenvalue weighted by Gasteiger charge is 2.14. The predicted octanol–water partition coefficient (Wildman–Crippen LogP) is 1.77. The molecule has 0 spiro atoms. The van der Waals surface area contributed by atoms with E-state index < -0.39 is 0 Å². The van der Waals surface area contributed by atoms with Gasteiger partial charge in [0.25, 0.3) is 0 Å². The number of hydrogen-bond acceptors (Lipinski definition) is 3. The molecule has 1 aromatic heterocycles. The Bertz CT molecular complexity index is 305. The van der Waals surface area contributed by atoms with Crippen LogP contribution in [0.2, 0.25) is 0 Å². The number of ether oxygens (including phenoxy) is 1. The molecule has 0 bridgehead atoms. The third kappa shape index (κ3) is 3.32. The number of nitrogens with zero attached hydrogens (tertiary/aromatic N) is 1. The second-order valence-corrected chi connectivity index (χ2v) is 4.43. The molecule has 4 nitrogen and oxygen atoms in total. The fourth-order valence-corrected chi connectivity index (χ4v) is 2.12. The van der Waals surface area contributed by atoms with Crippen molar-refractivity contribution < 1.29 is 4.74 Å². The molecule has 1 aliphatic rings. The minimum absolute atomic E-state index is 0.522. The first kappa shape index (κ1) is 11.6. The summed E-state index contributed by atoms with van der Waals surface area (Å²) in [6.45, 7) is 4.58. The number of hydrogen-bond donors (Lipinski definition) is 2. The second-order valence-electron chi connectivity index (χ2n) is 4.43. The van der Waals surface area contributed by atoms with E-state index in [0.717, 1.165) is 31.1 Å². The van der Waals surface area contributed by atoms with Gasteiger partial charge in [-0.3, -0.25) is 0 Å². The van der Waals surface area contributed by atoms with Gasteiger partial charge >= 0.3 is 0 Å². The Morgan fingerprint density at radius 3 is 3.00 bits per heavy atom. The number of nitrogens with one attached hydrogen (secondary N) is 2. The van der Waals surface area contributed by atoms with Crippen LogP contribution < -0.4 is 5.32 Å². The van der Waals surface area contributed by atoms with Gasteiger partial charge in [0.05, 0.1) is 24.7 Å². The van der Waals surface area contributed by atoms with E-state index in [4.69, 9.17) is 4.74 Å². The van der Waals surface area contributed by atoms with Crippen LogP contribution in [0.4, 0.5) is 0 Å². The van der Waals surface area contributed by atoms with E-state index in [2.05, 4.69) is 15.3 Å². The molecule has 1 aliphatic carbocycles. The van der Waals surface area contributed by atoms with Gasteiger partial charge in [0, 0.05) is 18.8 Å². The summed E-state index contributed by atoms with van der Waals surface area (Å²) in [5.41, 5.74) is 2.24. The van der Waals surface area contributed by atoms with Gasteiger partial charge in [-0.1, -0.05) is 12.8 Å². The van der Waals surface area contributed by atoms with E-state index >= 15 is 0 Å². The zero-order valence-corrected chi connectivity index (χ0v) is 9.96. The largest absolute Gasteiger partial charge is 0.377 e. The monoisotopic (exact) mass is 223 g/mol. The number of rotatable bonds is 6. The van der Waals surface area contributed by atoms with E-state index in [1.165, 1.54) is 25.7 Å². The molecular formula is C12H21N3O. The minimum Gasteiger partial charge on any atom is -0.377 e. The normalized spacial score (nSPS) is 17.1. The SMILES string of the molecule is Cc1[nH]cnc1CNCCOC1CCCC1. The van der Waals surface area contributed by atoms with Crippen molar-refractivity contribution in [1.29, 1.82) is 0 Å². The Labute approximate surface area is 96.8 Å². The molecule has 0 atom stereocenters. The zero-order chi connectivity index (χ0) is 11.2. The lowest BCUT2D eigenvalue weighted by atomic mass is 10.3. The van der Waals surface area contributed by atoms with Gasteiger partial charge in [0.15, 0.2) is 0 Å². The van der Waals surface area contributed by atoms with Crippen molar-refractivity contribution in [2.24, 2.45) is 0 Å². The molecule has 0 aromatic carbocycles. The lowest BCUT2D eigenvalue weighted by Crippen LogP contribution is -2.22. The highest BCUT2D eigenvalue weighted by Crippen LogP contribution is 2.20. The van der Waals surface area contributed by atoms with E-state index in [1.54, 1.807) is 6.33 Å². The summed E-state index contributed by atoms with van der Waals surface area (Å²) in [7, 11) is 0. The number of aromatic amines is 1. The van der Waals surface area contributed by atoms with Gasteiger partial charge in [-0.05, 0) is 19.8 Å². The highest BCUT2D eigenvalue weighted by molar-refractivity contribution is 5.07. The molecular weight excluding hydrogens is 202 g/mol. The van der Waals surface area contributed by atoms with Crippen LogP contribution in [0.25, 0.3) is 0 Å². The van der Waals surface area contributed by atoms with Gasteiger partial charge in [-0.2, -0.15) is 0 Å². The molecule has 1 fully saturated rings. The molecule has 0 unspecified atom stereocenters. The lowest BCUT2D eigenvalue weighted by molar-refractivity contribution is 0.0602.